The summed E-state index contributed by atoms with van der Waals surface area (Å²) in [6, 6.07) is 0.185. The van der Waals surface area contributed by atoms with E-state index in [2.05, 4.69) is 21.3 Å². The number of nitrogens with zero attached hydrogens (tertiary/aromatic N) is 2. The van der Waals surface area contributed by atoms with Gasteiger partial charge < -0.3 is 5.73 Å². The Bertz CT molecular complexity index is 251. The van der Waals surface area contributed by atoms with Gasteiger partial charge in [0.1, 0.15) is 12.2 Å². The van der Waals surface area contributed by atoms with Crippen molar-refractivity contribution in [1.29, 1.82) is 0 Å². The van der Waals surface area contributed by atoms with Crippen molar-refractivity contribution in [3.05, 3.63) is 24.3 Å². The highest BCUT2D eigenvalue weighted by atomic mass is 15.2. The third kappa shape index (κ3) is 1.17. The molecule has 0 aromatic carbocycles. The average molecular weight is 150 g/mol. The second kappa shape index (κ2) is 2.47. The van der Waals surface area contributed by atoms with Crippen LogP contribution in [0.5, 0.6) is 0 Å². The Morgan fingerprint density at radius 3 is 3.00 bits per heavy atom. The fourth-order valence-corrected chi connectivity index (χ4v) is 1.32. The number of nitrogens with two attached hydrogens (primary N) is 1. The van der Waals surface area contributed by atoms with Crippen molar-refractivity contribution in [2.45, 2.75) is 18.4 Å². The maximum atomic E-state index is 5.68. The third-order valence-electron chi connectivity index (χ3n) is 1.90. The zero-order valence-electron chi connectivity index (χ0n) is 6.07. The molecule has 2 rings (SSSR count). The molecule has 58 valence electrons. The van der Waals surface area contributed by atoms with Gasteiger partial charge in [-0.25, -0.2) is 4.98 Å². The van der Waals surface area contributed by atoms with Gasteiger partial charge in [0, 0.05) is 12.0 Å². The summed E-state index contributed by atoms with van der Waals surface area (Å²) in [6.45, 7) is 0. The first kappa shape index (κ1) is 6.54. The summed E-state index contributed by atoms with van der Waals surface area (Å²) in [5, 5.41) is 6.61. The summed E-state index contributed by atoms with van der Waals surface area (Å²) in [5.41, 5.74) is 5.68. The average Bonchev–Trinajstić information content (AvgIpc) is 2.55. The third-order valence-corrected chi connectivity index (χ3v) is 1.90. The molecular formula is C7H10N4. The largest absolute Gasteiger partial charge is 0.324 e. The van der Waals surface area contributed by atoms with Gasteiger partial charge in [-0.15, -0.1) is 0 Å². The Kier molecular flexibility index (Phi) is 1.47. The molecule has 1 heterocycles. The van der Waals surface area contributed by atoms with Crippen molar-refractivity contribution in [1.82, 2.24) is 15.2 Å². The Balaban J connectivity index is 2.15. The van der Waals surface area contributed by atoms with Gasteiger partial charge in [0.2, 0.25) is 0 Å². The van der Waals surface area contributed by atoms with E-state index in [1.165, 1.54) is 6.33 Å². The molecule has 0 saturated carbocycles. The van der Waals surface area contributed by atoms with Crippen LogP contribution in [0.4, 0.5) is 0 Å². The van der Waals surface area contributed by atoms with Gasteiger partial charge in [-0.05, 0) is 6.42 Å². The minimum absolute atomic E-state index is 0.185. The van der Waals surface area contributed by atoms with Gasteiger partial charge in [-0.2, -0.15) is 5.10 Å². The Hall–Kier alpha value is -1.16. The number of aromatic nitrogens is 3. The molecule has 2 atom stereocenters. The van der Waals surface area contributed by atoms with Crippen LogP contribution in [0, 0.1) is 0 Å². The molecule has 0 radical (unpaired) electrons. The highest BCUT2D eigenvalue weighted by Crippen LogP contribution is 2.24. The summed E-state index contributed by atoms with van der Waals surface area (Å²) < 4.78 is 0. The molecule has 1 aromatic rings. The van der Waals surface area contributed by atoms with E-state index in [0.717, 1.165) is 12.2 Å². The monoisotopic (exact) mass is 150 g/mol. The summed E-state index contributed by atoms with van der Waals surface area (Å²) >= 11 is 0. The van der Waals surface area contributed by atoms with Gasteiger partial charge in [0.15, 0.2) is 0 Å². The Morgan fingerprint density at radius 2 is 2.45 bits per heavy atom. The molecule has 3 N–H and O–H groups in total. The number of allylic oxidation sites excluding steroid dienone is 1. The number of nitrogens with one attached hydrogen (secondary N) is 1. The molecule has 1 aromatic heterocycles. The van der Waals surface area contributed by atoms with E-state index in [-0.39, 0.29) is 6.04 Å². The molecule has 0 amide bonds. The van der Waals surface area contributed by atoms with Crippen LogP contribution in [0.1, 0.15) is 18.2 Å². The summed E-state index contributed by atoms with van der Waals surface area (Å²) in [7, 11) is 0. The molecule has 11 heavy (non-hydrogen) atoms. The highest BCUT2D eigenvalue weighted by molar-refractivity contribution is 5.15. The second-order valence-corrected chi connectivity index (χ2v) is 2.76. The Morgan fingerprint density at radius 1 is 1.55 bits per heavy atom. The highest BCUT2D eigenvalue weighted by Gasteiger charge is 2.18. The zero-order valence-corrected chi connectivity index (χ0v) is 6.07. The number of hydrogen-bond donors (Lipinski definition) is 2. The molecule has 0 spiro atoms. The predicted molar refractivity (Wildman–Crippen MR) is 40.9 cm³/mol. The first-order valence-electron chi connectivity index (χ1n) is 3.65. The van der Waals surface area contributed by atoms with E-state index in [4.69, 9.17) is 5.73 Å². The van der Waals surface area contributed by atoms with Crippen molar-refractivity contribution < 1.29 is 0 Å². The lowest BCUT2D eigenvalue weighted by molar-refractivity contribution is 0.679. The SMILES string of the molecule is NC1C=CC(c2ncn[nH]2)C1. The van der Waals surface area contributed by atoms with Crippen molar-refractivity contribution in [3.63, 3.8) is 0 Å². The standard InChI is InChI=1S/C7H10N4/c8-6-2-1-5(3-6)7-9-4-10-11-7/h1-2,4-6H,3,8H2,(H,9,10,11). The fourth-order valence-electron chi connectivity index (χ4n) is 1.32. The molecule has 1 aliphatic carbocycles. The maximum absolute atomic E-state index is 5.68. The van der Waals surface area contributed by atoms with Crippen molar-refractivity contribution in [3.8, 4) is 0 Å². The van der Waals surface area contributed by atoms with Crippen LogP contribution in [0.2, 0.25) is 0 Å². The van der Waals surface area contributed by atoms with Crippen LogP contribution >= 0.6 is 0 Å². The predicted octanol–water partition coefficient (Wildman–Crippen LogP) is 0.175. The molecule has 4 heteroatoms. The molecule has 2 unspecified atom stereocenters. The van der Waals surface area contributed by atoms with Crippen LogP contribution in [0.15, 0.2) is 18.5 Å². The fraction of sp³-hybridized carbons (Fsp3) is 0.429. The topological polar surface area (TPSA) is 67.6 Å². The van der Waals surface area contributed by atoms with Gasteiger partial charge in [0.25, 0.3) is 0 Å². The minimum Gasteiger partial charge on any atom is -0.324 e. The molecule has 0 fully saturated rings. The smallest absolute Gasteiger partial charge is 0.137 e. The van der Waals surface area contributed by atoms with Crippen LogP contribution in [-0.2, 0) is 0 Å². The van der Waals surface area contributed by atoms with E-state index in [9.17, 15) is 0 Å². The molecule has 0 bridgehead atoms. The number of rotatable bonds is 1. The summed E-state index contributed by atoms with van der Waals surface area (Å²) in [4.78, 5) is 4.06. The lowest BCUT2D eigenvalue weighted by Gasteiger charge is -2.03. The molecule has 0 saturated heterocycles. The van der Waals surface area contributed by atoms with E-state index in [1.54, 1.807) is 0 Å². The van der Waals surface area contributed by atoms with Gasteiger partial charge in [0.05, 0.1) is 0 Å². The number of aromatic amines is 1. The molecule has 0 aliphatic heterocycles. The van der Waals surface area contributed by atoms with E-state index in [0.29, 0.717) is 5.92 Å². The van der Waals surface area contributed by atoms with Crippen molar-refractivity contribution in [2.75, 3.05) is 0 Å². The van der Waals surface area contributed by atoms with E-state index in [1.807, 2.05) is 6.08 Å². The van der Waals surface area contributed by atoms with Crippen LogP contribution in [0.25, 0.3) is 0 Å². The van der Waals surface area contributed by atoms with Crippen LogP contribution < -0.4 is 5.73 Å². The van der Waals surface area contributed by atoms with Crippen molar-refractivity contribution in [2.24, 2.45) is 5.73 Å². The molecule has 4 nitrogen and oxygen atoms in total. The van der Waals surface area contributed by atoms with E-state index < -0.39 is 0 Å². The van der Waals surface area contributed by atoms with Crippen LogP contribution in [0.3, 0.4) is 0 Å². The zero-order chi connectivity index (χ0) is 7.68. The van der Waals surface area contributed by atoms with E-state index >= 15 is 0 Å². The lowest BCUT2D eigenvalue weighted by Crippen LogP contribution is -2.14. The maximum Gasteiger partial charge on any atom is 0.137 e. The summed E-state index contributed by atoms with van der Waals surface area (Å²) in [5.74, 6) is 1.25. The van der Waals surface area contributed by atoms with Crippen molar-refractivity contribution >= 4 is 0 Å². The molecule has 1 aliphatic rings. The molecular weight excluding hydrogens is 140 g/mol. The summed E-state index contributed by atoms with van der Waals surface area (Å²) in [6.07, 6.45) is 6.54. The first-order chi connectivity index (χ1) is 5.36. The minimum atomic E-state index is 0.185. The van der Waals surface area contributed by atoms with Gasteiger partial charge in [-0.1, -0.05) is 12.2 Å². The van der Waals surface area contributed by atoms with Crippen LogP contribution in [-0.4, -0.2) is 21.2 Å². The number of H-pyrrole nitrogens is 1. The first-order valence-corrected chi connectivity index (χ1v) is 3.65. The van der Waals surface area contributed by atoms with Gasteiger partial charge >= 0.3 is 0 Å². The Labute approximate surface area is 64.5 Å². The van der Waals surface area contributed by atoms with Gasteiger partial charge in [-0.3, -0.25) is 5.10 Å². The normalized spacial score (nSPS) is 29.5. The number of hydrogen-bond acceptors (Lipinski definition) is 3. The quantitative estimate of drug-likeness (QED) is 0.561. The lowest BCUT2D eigenvalue weighted by atomic mass is 10.1. The second-order valence-electron chi connectivity index (χ2n) is 2.76.